The number of amides is 1. The molecule has 2 heterocycles. The normalized spacial score (nSPS) is 11.0. The van der Waals surface area contributed by atoms with Crippen molar-refractivity contribution in [2.75, 3.05) is 16.0 Å². The Morgan fingerprint density at radius 1 is 0.569 bits per heavy atom. The van der Waals surface area contributed by atoms with Gasteiger partial charge in [-0.25, -0.2) is 21.4 Å². The van der Waals surface area contributed by atoms with Gasteiger partial charge in [-0.2, -0.15) is 4.57 Å². The van der Waals surface area contributed by atoms with Gasteiger partial charge < -0.3 is 25.1 Å². The number of rotatable bonds is 8. The topological polar surface area (TPSA) is 175 Å². The number of fused-ring (bicyclic) bond motifs is 1. The molecular formula is C43H40ClN5O7S2. The number of benzene rings is 5. The van der Waals surface area contributed by atoms with Crippen molar-refractivity contribution < 1.29 is 39.9 Å². The van der Waals surface area contributed by atoms with E-state index in [-0.39, 0.29) is 15.7 Å². The second-order valence-electron chi connectivity index (χ2n) is 13.1. The van der Waals surface area contributed by atoms with Crippen LogP contribution in [0.3, 0.4) is 0 Å². The van der Waals surface area contributed by atoms with Gasteiger partial charge in [-0.3, -0.25) is 4.79 Å². The zero-order valence-electron chi connectivity index (χ0n) is 31.9. The molecule has 0 bridgehead atoms. The molecule has 0 saturated heterocycles. The van der Waals surface area contributed by atoms with E-state index >= 15 is 0 Å². The minimum Gasteiger partial charge on any atom is -0.744 e. The first kappa shape index (κ1) is 43.0. The number of carbonyl (C=O) groups excluding carboxylic acids is 1. The highest BCUT2D eigenvalue weighted by Gasteiger charge is 2.14. The number of aryl methyl sites for hydroxylation is 4. The maximum atomic E-state index is 12.8. The van der Waals surface area contributed by atoms with Crippen molar-refractivity contribution in [2.45, 2.75) is 23.6 Å². The molecule has 5 aromatic carbocycles. The van der Waals surface area contributed by atoms with Crippen LogP contribution in [-0.2, 0) is 34.3 Å². The highest BCUT2D eigenvalue weighted by molar-refractivity contribution is 7.86. The first-order chi connectivity index (χ1) is 27.5. The van der Waals surface area contributed by atoms with Crippen LogP contribution in [0.5, 0.6) is 0 Å². The summed E-state index contributed by atoms with van der Waals surface area (Å²) in [7, 11) is -4.59. The standard InChI is InChI=1S/C29H24ClN5O.2C7H8O3S/c1-34-17-14-24(15-18-34)31-21-10-12-23(13-11-21)33-29(36)20-6-8-22(9-7-20)32-27-16-19-35(2)28-25(27)4-3-5-26(28)30;2*1-6-2-4-7(5-3-6)11(8,9)10/h3-19H,1-2H3,(H,33,36);2*2-5H,1H3,(H,8,9,10). The van der Waals surface area contributed by atoms with Gasteiger partial charge in [-0.05, 0) is 98.8 Å². The summed E-state index contributed by atoms with van der Waals surface area (Å²) in [5.41, 5.74) is 7.89. The Morgan fingerprint density at radius 3 is 1.55 bits per heavy atom. The molecule has 1 amide bonds. The van der Waals surface area contributed by atoms with Crippen LogP contribution in [0.4, 0.5) is 28.4 Å². The Hall–Kier alpha value is -6.16. The molecule has 2 aromatic heterocycles. The lowest BCUT2D eigenvalue weighted by Gasteiger charge is -2.11. The lowest BCUT2D eigenvalue weighted by atomic mass is 10.1. The maximum Gasteiger partial charge on any atom is 0.255 e. The van der Waals surface area contributed by atoms with Crippen LogP contribution in [0.1, 0.15) is 21.5 Å². The van der Waals surface area contributed by atoms with E-state index < -0.39 is 20.2 Å². The monoisotopic (exact) mass is 837 g/mol. The number of nitrogens with zero attached hydrogens (tertiary/aromatic N) is 2. The minimum atomic E-state index is -4.27. The third-order valence-electron chi connectivity index (χ3n) is 8.55. The van der Waals surface area contributed by atoms with Gasteiger partial charge in [0.25, 0.3) is 5.91 Å². The van der Waals surface area contributed by atoms with Crippen LogP contribution >= 0.6 is 11.6 Å². The molecule has 298 valence electrons. The van der Waals surface area contributed by atoms with Crippen LogP contribution in [0.15, 0.2) is 162 Å². The van der Waals surface area contributed by atoms with E-state index in [2.05, 4.69) is 16.0 Å². The molecule has 7 rings (SSSR count). The molecule has 58 heavy (non-hydrogen) atoms. The first-order valence-electron chi connectivity index (χ1n) is 17.6. The van der Waals surface area contributed by atoms with E-state index in [1.165, 1.54) is 24.3 Å². The van der Waals surface area contributed by atoms with Gasteiger partial charge in [0.05, 0.1) is 26.6 Å². The summed E-state index contributed by atoms with van der Waals surface area (Å²) < 4.78 is 66.3. The van der Waals surface area contributed by atoms with Crippen molar-refractivity contribution in [1.29, 1.82) is 0 Å². The van der Waals surface area contributed by atoms with E-state index in [1.807, 2.05) is 128 Å². The number of anilines is 5. The third-order valence-corrected chi connectivity index (χ3v) is 10.6. The lowest BCUT2D eigenvalue weighted by Crippen LogP contribution is -2.28. The van der Waals surface area contributed by atoms with Gasteiger partial charge in [0.1, 0.15) is 39.4 Å². The number of halogens is 1. The Balaban J connectivity index is 0.000000236. The van der Waals surface area contributed by atoms with Gasteiger partial charge in [0.2, 0.25) is 5.52 Å². The minimum absolute atomic E-state index is 0.165. The molecule has 0 aliphatic carbocycles. The molecule has 0 aliphatic rings. The van der Waals surface area contributed by atoms with Gasteiger partial charge in [-0.15, -0.1) is 0 Å². The molecule has 0 radical (unpaired) electrons. The van der Waals surface area contributed by atoms with E-state index in [0.717, 1.165) is 50.5 Å². The van der Waals surface area contributed by atoms with Crippen LogP contribution in [0, 0.1) is 13.8 Å². The molecule has 0 aliphatic heterocycles. The van der Waals surface area contributed by atoms with Gasteiger partial charge >= 0.3 is 0 Å². The van der Waals surface area contributed by atoms with E-state index in [1.54, 1.807) is 36.4 Å². The average Bonchev–Trinajstić information content (AvgIpc) is 3.18. The number of hydrogen-bond acceptors (Lipinski definition) is 9. The zero-order chi connectivity index (χ0) is 42.0. The van der Waals surface area contributed by atoms with Crippen molar-refractivity contribution in [2.24, 2.45) is 14.1 Å². The molecule has 0 atom stereocenters. The van der Waals surface area contributed by atoms with Crippen LogP contribution < -0.4 is 25.1 Å². The summed E-state index contributed by atoms with van der Waals surface area (Å²) in [6.07, 6.45) is 5.93. The van der Waals surface area contributed by atoms with Crippen molar-refractivity contribution in [3.05, 3.63) is 174 Å². The number of aromatic nitrogens is 2. The molecule has 0 spiro atoms. The van der Waals surface area contributed by atoms with Crippen molar-refractivity contribution >= 4 is 77.1 Å². The molecule has 12 nitrogen and oxygen atoms in total. The summed E-state index contributed by atoms with van der Waals surface area (Å²) in [5.74, 6) is -0.165. The number of carbonyl (C=O) groups is 1. The Bertz CT molecular complexity index is 2650. The van der Waals surface area contributed by atoms with Crippen molar-refractivity contribution in [1.82, 2.24) is 0 Å². The van der Waals surface area contributed by atoms with Crippen molar-refractivity contribution in [3.63, 3.8) is 0 Å². The van der Waals surface area contributed by atoms with Gasteiger partial charge in [-0.1, -0.05) is 53.1 Å². The highest BCUT2D eigenvalue weighted by Crippen LogP contribution is 2.28. The third kappa shape index (κ3) is 12.2. The smallest absolute Gasteiger partial charge is 0.255 e. The van der Waals surface area contributed by atoms with E-state index in [0.29, 0.717) is 10.6 Å². The predicted octanol–water partition coefficient (Wildman–Crippen LogP) is 7.68. The Kier molecular flexibility index (Phi) is 14.0. The van der Waals surface area contributed by atoms with Crippen LogP contribution in [0.25, 0.3) is 10.9 Å². The second kappa shape index (κ2) is 18.9. The Labute approximate surface area is 342 Å². The predicted molar refractivity (Wildman–Crippen MR) is 223 cm³/mol. The molecule has 3 N–H and O–H groups in total. The zero-order valence-corrected chi connectivity index (χ0v) is 34.3. The molecule has 0 fully saturated rings. The molecule has 7 aromatic rings. The summed E-state index contributed by atoms with van der Waals surface area (Å²) in [6, 6.07) is 38.5. The fourth-order valence-electron chi connectivity index (χ4n) is 5.41. The molecular weight excluding hydrogens is 798 g/mol. The number of pyridine rings is 2. The van der Waals surface area contributed by atoms with Crippen LogP contribution in [-0.4, -0.2) is 31.8 Å². The molecule has 0 saturated carbocycles. The van der Waals surface area contributed by atoms with Gasteiger partial charge in [0.15, 0.2) is 18.6 Å². The SMILES string of the molecule is C[n+]1ccc(Nc2ccc(NC(=O)c3ccc(Nc4cc[n+](C)c5c(Cl)cccc45)cc3)cc2)cc1.Cc1ccc(S(=O)(=O)[O-])cc1.Cc1ccc(S(=O)(=O)[O-])cc1. The highest BCUT2D eigenvalue weighted by atomic mass is 35.5. The van der Waals surface area contributed by atoms with E-state index in [4.69, 9.17) is 11.6 Å². The van der Waals surface area contributed by atoms with Gasteiger partial charge in [0, 0.05) is 40.8 Å². The van der Waals surface area contributed by atoms with Crippen LogP contribution in [0.2, 0.25) is 5.02 Å². The first-order valence-corrected chi connectivity index (χ1v) is 20.8. The summed E-state index contributed by atoms with van der Waals surface area (Å²) in [5, 5.41) is 11.5. The fourth-order valence-corrected chi connectivity index (χ4v) is 6.66. The molecule has 0 unspecified atom stereocenters. The largest absolute Gasteiger partial charge is 0.744 e. The number of nitrogens with one attached hydrogen (secondary N) is 3. The number of para-hydroxylation sites is 1. The Morgan fingerprint density at radius 2 is 1.03 bits per heavy atom. The maximum absolute atomic E-state index is 12.8. The molecule has 15 heteroatoms. The summed E-state index contributed by atoms with van der Waals surface area (Å²) in [4.78, 5) is 12.4. The quantitative estimate of drug-likeness (QED) is 0.102. The second-order valence-corrected chi connectivity index (χ2v) is 16.3. The summed E-state index contributed by atoms with van der Waals surface area (Å²) >= 11 is 6.41. The van der Waals surface area contributed by atoms with E-state index in [9.17, 15) is 30.7 Å². The summed E-state index contributed by atoms with van der Waals surface area (Å²) in [6.45, 7) is 3.64. The van der Waals surface area contributed by atoms with Crippen molar-refractivity contribution in [3.8, 4) is 0 Å². The fraction of sp³-hybridized carbons (Fsp3) is 0.0930. The lowest BCUT2D eigenvalue weighted by molar-refractivity contribution is -0.671. The number of hydrogen-bond donors (Lipinski definition) is 3. The average molecular weight is 838 g/mol.